The number of nitrogens with one attached hydrogen (secondary N) is 1. The van der Waals surface area contributed by atoms with E-state index in [1.54, 1.807) is 48.5 Å². The van der Waals surface area contributed by atoms with Crippen LogP contribution in [0.25, 0.3) is 22.3 Å². The number of H-pyrrole nitrogens is 1. The number of aliphatic hydroxyl groups is 2. The Morgan fingerprint density at radius 1 is 0.642 bits per heavy atom. The smallest absolute Gasteiger partial charge is 0.425 e. The van der Waals surface area contributed by atoms with Gasteiger partial charge in [0.15, 0.2) is 22.3 Å². The lowest BCUT2D eigenvalue weighted by Crippen LogP contribution is -2.41. The minimum atomic E-state index is -4.89. The van der Waals surface area contributed by atoms with Gasteiger partial charge in [0, 0.05) is 48.7 Å². The number of aryl methyl sites for hydroxylation is 2. The Hall–Kier alpha value is -7.63. The highest BCUT2D eigenvalue weighted by atomic mass is 35.5. The quantitative estimate of drug-likeness (QED) is 0.0729. The first-order valence-electron chi connectivity index (χ1n) is 24.3. The first-order chi connectivity index (χ1) is 38.1. The van der Waals surface area contributed by atoms with Crippen LogP contribution in [0.4, 0.5) is 26.3 Å². The number of aromatic amines is 1. The predicted molar refractivity (Wildman–Crippen MR) is 281 cm³/mol. The molecule has 0 aliphatic heterocycles. The van der Waals surface area contributed by atoms with Crippen molar-refractivity contribution < 1.29 is 68.1 Å². The van der Waals surface area contributed by atoms with Gasteiger partial charge in [-0.25, -0.2) is 9.59 Å². The van der Waals surface area contributed by atoms with Gasteiger partial charge in [-0.05, 0) is 91.8 Å². The van der Waals surface area contributed by atoms with Crippen LogP contribution in [0.2, 0.25) is 10.0 Å². The molecule has 0 spiro atoms. The van der Waals surface area contributed by atoms with E-state index in [4.69, 9.17) is 37.8 Å². The molecule has 81 heavy (non-hydrogen) atoms. The highest BCUT2D eigenvalue weighted by Crippen LogP contribution is 2.34. The molecule has 2 saturated carbocycles. The topological polar surface area (TPSA) is 255 Å². The van der Waals surface area contributed by atoms with Crippen LogP contribution in [0.5, 0.6) is 35.0 Å². The Bertz CT molecular complexity index is 3940. The predicted octanol–water partition coefficient (Wildman–Crippen LogP) is 8.07. The average molecular weight is 1200 g/mol. The van der Waals surface area contributed by atoms with Crippen LogP contribution < -0.4 is 41.4 Å². The van der Waals surface area contributed by atoms with Crippen molar-refractivity contribution in [2.75, 3.05) is 6.26 Å². The second kappa shape index (κ2) is 24.2. The Morgan fingerprint density at radius 3 is 1.54 bits per heavy atom. The van der Waals surface area contributed by atoms with E-state index in [0.717, 1.165) is 50.8 Å². The van der Waals surface area contributed by atoms with Crippen molar-refractivity contribution in [2.24, 2.45) is 14.1 Å². The van der Waals surface area contributed by atoms with Gasteiger partial charge in [-0.3, -0.25) is 41.6 Å². The van der Waals surface area contributed by atoms with Crippen LogP contribution >= 0.6 is 23.2 Å². The second-order valence-corrected chi connectivity index (χ2v) is 21.1. The first kappa shape index (κ1) is 59.5. The van der Waals surface area contributed by atoms with E-state index in [2.05, 4.69) is 28.6 Å². The zero-order valence-corrected chi connectivity index (χ0v) is 45.0. The molecule has 4 atom stereocenters. The molecule has 8 aromatic rings. The Balaban J connectivity index is 0.000000181. The molecule has 0 radical (unpaired) electrons. The van der Waals surface area contributed by atoms with E-state index >= 15 is 0 Å². The van der Waals surface area contributed by atoms with Crippen molar-refractivity contribution in [1.82, 2.24) is 37.8 Å². The molecule has 30 heteroatoms. The summed E-state index contributed by atoms with van der Waals surface area (Å²) in [4.78, 5) is 62.2. The Morgan fingerprint density at radius 2 is 1.10 bits per heavy atom. The molecule has 2 fully saturated rings. The molecule has 4 heterocycles. The number of halogens is 8. The van der Waals surface area contributed by atoms with Crippen LogP contribution in [0.3, 0.4) is 0 Å². The second-order valence-electron chi connectivity index (χ2n) is 18.7. The van der Waals surface area contributed by atoms with E-state index in [1.807, 2.05) is 0 Å². The van der Waals surface area contributed by atoms with Gasteiger partial charge in [-0.1, -0.05) is 59.6 Å². The summed E-state index contributed by atoms with van der Waals surface area (Å²) in [5, 5.41) is 20.0. The molecule has 3 N–H and O–H groups in total. The fourth-order valence-electron chi connectivity index (χ4n) is 8.95. The van der Waals surface area contributed by atoms with Crippen molar-refractivity contribution in [2.45, 2.75) is 88.7 Å². The van der Waals surface area contributed by atoms with E-state index in [0.29, 0.717) is 42.1 Å². The molecular weight excluding hydrogens is 1150 g/mol. The highest BCUT2D eigenvalue weighted by Gasteiger charge is 2.34. The molecule has 4 unspecified atom stereocenters. The minimum absolute atomic E-state index is 0.0131. The van der Waals surface area contributed by atoms with E-state index in [-0.39, 0.29) is 77.6 Å². The van der Waals surface area contributed by atoms with Gasteiger partial charge in [0.2, 0.25) is 0 Å². The molecule has 0 bridgehead atoms. The van der Waals surface area contributed by atoms with Gasteiger partial charge < -0.3 is 29.2 Å². The van der Waals surface area contributed by atoms with Gasteiger partial charge in [0.1, 0.15) is 23.0 Å². The Labute approximate surface area is 463 Å². The van der Waals surface area contributed by atoms with Crippen molar-refractivity contribution in [1.29, 1.82) is 0 Å². The van der Waals surface area contributed by atoms with Crippen molar-refractivity contribution in [3.63, 3.8) is 0 Å². The van der Waals surface area contributed by atoms with Crippen molar-refractivity contribution >= 4 is 55.6 Å². The van der Waals surface area contributed by atoms with Gasteiger partial charge in [0.25, 0.3) is 21.2 Å². The average Bonchev–Trinajstić information content (AvgIpc) is 2.81. The molecule has 432 valence electrons. The summed E-state index contributed by atoms with van der Waals surface area (Å²) < 4.78 is 127. The zero-order valence-electron chi connectivity index (χ0n) is 42.7. The summed E-state index contributed by atoms with van der Waals surface area (Å²) in [5.41, 5.74) is -0.880. The van der Waals surface area contributed by atoms with Gasteiger partial charge in [-0.15, -0.1) is 26.3 Å². The molecule has 2 aliphatic carbocycles. The summed E-state index contributed by atoms with van der Waals surface area (Å²) in [6.45, 7) is 0.200. The maximum Gasteiger partial charge on any atom is 0.573 e. The molecule has 21 nitrogen and oxygen atoms in total. The number of hydrogen-bond acceptors (Lipinski definition) is 15. The van der Waals surface area contributed by atoms with Crippen LogP contribution in [0, 0.1) is 0 Å². The number of nitrogens with zero attached hydrogens (tertiary/aromatic N) is 7. The summed E-state index contributed by atoms with van der Waals surface area (Å²) in [7, 11) is -0.458. The van der Waals surface area contributed by atoms with Gasteiger partial charge >= 0.3 is 36.1 Å². The van der Waals surface area contributed by atoms with Crippen LogP contribution in [-0.2, 0) is 41.5 Å². The SMILES string of the molecule is CS(=O)(=O)OC1CCC(O)C1.Cn1c(=O)[nH]c(=O)c2c1nc(Oc1cccc(OC(F)(F)F)c1)n2Cc1ccc(Cl)cc1.Cn1c(=O)n(C2CCC(O)C2)c(=O)c2c1nc(Oc1cccc(OC(F)(F)F)c1)n2Cc1ccc(Cl)cc1. The number of fused-ring (bicyclic) bond motifs is 2. The number of aliphatic hydroxyl groups excluding tert-OH is 2. The number of imidazole rings is 2. The lowest BCUT2D eigenvalue weighted by atomic mass is 10.2. The van der Waals surface area contributed by atoms with E-state index in [1.165, 1.54) is 52.1 Å². The van der Waals surface area contributed by atoms with Crippen LogP contribution in [0.15, 0.2) is 116 Å². The van der Waals surface area contributed by atoms with Crippen molar-refractivity contribution in [3.8, 4) is 35.0 Å². The number of aromatic nitrogens is 8. The number of alkyl halides is 6. The molecular formula is C51H48Cl2F6N8O13S. The monoisotopic (exact) mass is 1200 g/mol. The molecule has 10 rings (SSSR count). The van der Waals surface area contributed by atoms with Crippen LogP contribution in [0.1, 0.15) is 55.7 Å². The van der Waals surface area contributed by atoms with Crippen LogP contribution in [-0.4, -0.2) is 93.7 Å². The number of rotatable bonds is 13. The molecule has 0 saturated heterocycles. The number of hydrogen-bond donors (Lipinski definition) is 3. The highest BCUT2D eigenvalue weighted by molar-refractivity contribution is 7.86. The van der Waals surface area contributed by atoms with E-state index in [9.17, 15) is 59.0 Å². The summed E-state index contributed by atoms with van der Waals surface area (Å²) >= 11 is 11.9. The Kier molecular flexibility index (Phi) is 17.8. The maximum atomic E-state index is 13.7. The molecule has 0 amide bonds. The lowest BCUT2D eigenvalue weighted by molar-refractivity contribution is -0.275. The number of benzene rings is 4. The zero-order chi connectivity index (χ0) is 58.7. The maximum absolute atomic E-state index is 13.7. The number of ether oxygens (including phenoxy) is 4. The normalized spacial score (nSPS) is 17.3. The third-order valence-corrected chi connectivity index (χ3v) is 13.7. The fraction of sp³-hybridized carbons (Fsp3) is 0.333. The fourth-order valence-corrected chi connectivity index (χ4v) is 9.87. The summed E-state index contributed by atoms with van der Waals surface area (Å²) in [5.74, 6) is -1.02. The van der Waals surface area contributed by atoms with E-state index < -0.39 is 69.0 Å². The lowest BCUT2D eigenvalue weighted by Gasteiger charge is -2.15. The van der Waals surface area contributed by atoms with Crippen molar-refractivity contribution in [3.05, 3.63) is 160 Å². The first-order valence-corrected chi connectivity index (χ1v) is 26.9. The third-order valence-electron chi connectivity index (χ3n) is 12.5. The molecule has 2 aliphatic rings. The minimum Gasteiger partial charge on any atom is -0.425 e. The summed E-state index contributed by atoms with van der Waals surface area (Å²) in [6, 6.07) is 22.6. The molecule has 4 aromatic carbocycles. The molecule has 4 aromatic heterocycles. The third kappa shape index (κ3) is 15.2. The summed E-state index contributed by atoms with van der Waals surface area (Å²) in [6.07, 6.45) is -7.14. The largest absolute Gasteiger partial charge is 0.573 e. The van der Waals surface area contributed by atoms with Gasteiger partial charge in [0.05, 0.1) is 37.7 Å². The van der Waals surface area contributed by atoms with Gasteiger partial charge in [-0.2, -0.15) is 18.4 Å². The standard InChI is InChI=1S/C25H22ClF3N4O5.C20H14ClF3N4O4.C6H12O4S/c1-31-21-20(22(35)33(24(31)36)16-9-10-17(34)11-16)32(13-14-5-7-15(26)8-6-14)23(30-21)37-18-3-2-4-19(12-18)38-25(27,28)29;1-27-16-15(17(29)26-18(27)30)28(10-11-5-7-12(21)8-6-11)19(25-16)31-13-3-2-4-14(9-13)32-20(22,23)24;1-11(8,9)10-6-3-2-5(7)4-6/h2-8,12,16-17,34H,9-11,13H2,1H3;2-9H,10H2,1H3,(H,26,29,30);5-7H,2-4H2,1H3.